The van der Waals surface area contributed by atoms with Crippen molar-refractivity contribution in [2.24, 2.45) is 0 Å². The summed E-state index contributed by atoms with van der Waals surface area (Å²) in [5, 5.41) is 3.15. The van der Waals surface area contributed by atoms with Crippen molar-refractivity contribution in [3.05, 3.63) is 53.6 Å². The molecule has 0 unspecified atom stereocenters. The molecule has 2 rings (SSSR count). The third-order valence-electron chi connectivity index (χ3n) is 3.36. The summed E-state index contributed by atoms with van der Waals surface area (Å²) in [5.74, 6) is -0.109. The second-order valence-corrected chi connectivity index (χ2v) is 5.38. The third-order valence-corrected chi connectivity index (χ3v) is 3.36. The van der Waals surface area contributed by atoms with Crippen molar-refractivity contribution in [1.29, 1.82) is 0 Å². The van der Waals surface area contributed by atoms with Gasteiger partial charge in [0.2, 0.25) is 0 Å². The summed E-state index contributed by atoms with van der Waals surface area (Å²) < 4.78 is 15.4. The molecule has 0 bridgehead atoms. The van der Waals surface area contributed by atoms with Crippen LogP contribution in [0.5, 0.6) is 11.5 Å². The summed E-state index contributed by atoms with van der Waals surface area (Å²) in [7, 11) is 1.27. The molecule has 0 spiro atoms. The molecule has 1 N–H and O–H groups in total. The van der Waals surface area contributed by atoms with Crippen LogP contribution in [0.3, 0.4) is 0 Å². The van der Waals surface area contributed by atoms with Crippen LogP contribution in [0, 0.1) is 6.92 Å². The van der Waals surface area contributed by atoms with Crippen LogP contribution in [0.25, 0.3) is 0 Å². The molecule has 0 saturated heterocycles. The maximum absolute atomic E-state index is 11.8. The lowest BCUT2D eigenvalue weighted by molar-refractivity contribution is -0.131. The molecule has 6 nitrogen and oxygen atoms in total. The molecule has 0 saturated carbocycles. The Morgan fingerprint density at radius 2 is 1.80 bits per heavy atom. The average molecular weight is 343 g/mol. The van der Waals surface area contributed by atoms with Crippen molar-refractivity contribution in [1.82, 2.24) is 0 Å². The van der Waals surface area contributed by atoms with Crippen LogP contribution in [-0.4, -0.2) is 32.2 Å². The summed E-state index contributed by atoms with van der Waals surface area (Å²) in [6.07, 6.45) is 0. The van der Waals surface area contributed by atoms with Crippen molar-refractivity contribution < 1.29 is 23.8 Å². The number of methoxy groups -OCH3 is 1. The van der Waals surface area contributed by atoms with Crippen LogP contribution in [0.1, 0.15) is 22.8 Å². The van der Waals surface area contributed by atoms with Gasteiger partial charge in [0.25, 0.3) is 0 Å². The van der Waals surface area contributed by atoms with Gasteiger partial charge in [-0.25, -0.2) is 4.79 Å². The zero-order chi connectivity index (χ0) is 18.2. The van der Waals surface area contributed by atoms with Crippen molar-refractivity contribution in [3.8, 4) is 11.5 Å². The molecule has 0 aliphatic heterocycles. The van der Waals surface area contributed by atoms with E-state index >= 15 is 0 Å². The molecule has 0 amide bonds. The third kappa shape index (κ3) is 5.53. The molecule has 25 heavy (non-hydrogen) atoms. The van der Waals surface area contributed by atoms with Gasteiger partial charge in [-0.05, 0) is 37.3 Å². The van der Waals surface area contributed by atoms with E-state index in [1.54, 1.807) is 18.2 Å². The van der Waals surface area contributed by atoms with Crippen LogP contribution < -0.4 is 14.8 Å². The van der Waals surface area contributed by atoms with Gasteiger partial charge < -0.3 is 19.5 Å². The number of ether oxygens (including phenoxy) is 3. The number of hydrogen-bond acceptors (Lipinski definition) is 6. The molecule has 0 fully saturated rings. The van der Waals surface area contributed by atoms with E-state index in [1.807, 2.05) is 31.2 Å². The second-order valence-electron chi connectivity index (χ2n) is 5.38. The Kier molecular flexibility index (Phi) is 6.39. The van der Waals surface area contributed by atoms with Crippen LogP contribution in [0.4, 0.5) is 5.69 Å². The highest BCUT2D eigenvalue weighted by atomic mass is 16.5. The highest BCUT2D eigenvalue weighted by molar-refractivity contribution is 5.94. The SMILES string of the molecule is COC(=O)c1cc(NCCOc2ccc(C)cc2)ccc1OC(C)=O. The molecule has 6 heteroatoms. The van der Waals surface area contributed by atoms with Crippen LogP contribution in [-0.2, 0) is 9.53 Å². The largest absolute Gasteiger partial charge is 0.492 e. The number of esters is 2. The van der Waals surface area contributed by atoms with E-state index in [-0.39, 0.29) is 11.3 Å². The second kappa shape index (κ2) is 8.73. The first kappa shape index (κ1) is 18.3. The number of benzene rings is 2. The molecule has 2 aromatic rings. The fourth-order valence-corrected chi connectivity index (χ4v) is 2.15. The molecule has 132 valence electrons. The Morgan fingerprint density at radius 1 is 1.08 bits per heavy atom. The van der Waals surface area contributed by atoms with E-state index in [0.717, 1.165) is 5.75 Å². The van der Waals surface area contributed by atoms with Gasteiger partial charge in [-0.15, -0.1) is 0 Å². The van der Waals surface area contributed by atoms with E-state index in [2.05, 4.69) is 5.32 Å². The minimum Gasteiger partial charge on any atom is -0.492 e. The lowest BCUT2D eigenvalue weighted by Crippen LogP contribution is -2.13. The summed E-state index contributed by atoms with van der Waals surface area (Å²) in [4.78, 5) is 23.0. The molecule has 0 heterocycles. The number of nitrogens with one attached hydrogen (secondary N) is 1. The fourth-order valence-electron chi connectivity index (χ4n) is 2.15. The fraction of sp³-hybridized carbons (Fsp3) is 0.263. The first-order valence-corrected chi connectivity index (χ1v) is 7.83. The normalized spacial score (nSPS) is 10.0. The quantitative estimate of drug-likeness (QED) is 0.473. The van der Waals surface area contributed by atoms with Gasteiger partial charge in [0.1, 0.15) is 23.7 Å². The molecule has 0 aliphatic rings. The lowest BCUT2D eigenvalue weighted by Gasteiger charge is -2.12. The standard InChI is InChI=1S/C19H21NO5/c1-13-4-7-16(8-5-13)24-11-10-20-15-6-9-18(25-14(2)21)17(12-15)19(22)23-3/h4-9,12,20H,10-11H2,1-3H3. The molecule has 2 aromatic carbocycles. The van der Waals surface area contributed by atoms with Crippen LogP contribution >= 0.6 is 0 Å². The predicted octanol–water partition coefficient (Wildman–Crippen LogP) is 3.20. The zero-order valence-corrected chi connectivity index (χ0v) is 14.5. The van der Waals surface area contributed by atoms with Crippen LogP contribution in [0.15, 0.2) is 42.5 Å². The van der Waals surface area contributed by atoms with Crippen molar-refractivity contribution in [2.45, 2.75) is 13.8 Å². The van der Waals surface area contributed by atoms with Gasteiger partial charge in [-0.2, -0.15) is 0 Å². The van der Waals surface area contributed by atoms with Gasteiger partial charge in [0.05, 0.1) is 7.11 Å². The van der Waals surface area contributed by atoms with E-state index in [1.165, 1.54) is 19.6 Å². The predicted molar refractivity (Wildman–Crippen MR) is 94.3 cm³/mol. The average Bonchev–Trinajstić information content (AvgIpc) is 2.60. The number of carbonyl (C=O) groups is 2. The van der Waals surface area contributed by atoms with Gasteiger partial charge in [0, 0.05) is 19.2 Å². The number of hydrogen-bond donors (Lipinski definition) is 1. The molecule has 0 aliphatic carbocycles. The van der Waals surface area contributed by atoms with Gasteiger partial charge in [0.15, 0.2) is 0 Å². The van der Waals surface area contributed by atoms with Crippen molar-refractivity contribution in [3.63, 3.8) is 0 Å². The molecule has 0 atom stereocenters. The molecule has 0 aromatic heterocycles. The van der Waals surface area contributed by atoms with E-state index < -0.39 is 11.9 Å². The first-order valence-electron chi connectivity index (χ1n) is 7.83. The topological polar surface area (TPSA) is 73.9 Å². The Labute approximate surface area is 146 Å². The van der Waals surface area contributed by atoms with Gasteiger partial charge >= 0.3 is 11.9 Å². The summed E-state index contributed by atoms with van der Waals surface area (Å²) >= 11 is 0. The molecular weight excluding hydrogens is 322 g/mol. The highest BCUT2D eigenvalue weighted by Crippen LogP contribution is 2.24. The first-order chi connectivity index (χ1) is 12.0. The highest BCUT2D eigenvalue weighted by Gasteiger charge is 2.15. The lowest BCUT2D eigenvalue weighted by atomic mass is 10.1. The van der Waals surface area contributed by atoms with E-state index in [0.29, 0.717) is 18.8 Å². The van der Waals surface area contributed by atoms with E-state index in [4.69, 9.17) is 14.2 Å². The number of rotatable bonds is 7. The molecule has 0 radical (unpaired) electrons. The number of carbonyl (C=O) groups excluding carboxylic acids is 2. The minimum atomic E-state index is -0.573. The van der Waals surface area contributed by atoms with E-state index in [9.17, 15) is 9.59 Å². The maximum atomic E-state index is 11.8. The van der Waals surface area contributed by atoms with Gasteiger partial charge in [-0.3, -0.25) is 4.79 Å². The number of anilines is 1. The Balaban J connectivity index is 1.96. The van der Waals surface area contributed by atoms with Crippen molar-refractivity contribution in [2.75, 3.05) is 25.6 Å². The molecular formula is C19H21NO5. The number of aryl methyl sites for hydroxylation is 1. The van der Waals surface area contributed by atoms with Gasteiger partial charge in [-0.1, -0.05) is 17.7 Å². The maximum Gasteiger partial charge on any atom is 0.341 e. The summed E-state index contributed by atoms with van der Waals surface area (Å²) in [6, 6.07) is 12.7. The zero-order valence-electron chi connectivity index (χ0n) is 14.5. The van der Waals surface area contributed by atoms with Crippen molar-refractivity contribution >= 4 is 17.6 Å². The summed E-state index contributed by atoms with van der Waals surface area (Å²) in [5.41, 5.74) is 2.06. The minimum absolute atomic E-state index is 0.167. The smallest absolute Gasteiger partial charge is 0.341 e. The van der Waals surface area contributed by atoms with Crippen LogP contribution in [0.2, 0.25) is 0 Å². The Morgan fingerprint density at radius 3 is 2.44 bits per heavy atom. The Bertz CT molecular complexity index is 740. The summed E-state index contributed by atoms with van der Waals surface area (Å²) in [6.45, 7) is 4.29. The Hall–Kier alpha value is -3.02. The monoisotopic (exact) mass is 343 g/mol.